The van der Waals surface area contributed by atoms with Crippen molar-refractivity contribution in [3.8, 4) is 0 Å². The Morgan fingerprint density at radius 2 is 2.00 bits per heavy atom. The quantitative estimate of drug-likeness (QED) is 0.703. The minimum Gasteiger partial charge on any atom is -1.00 e. The molecule has 0 saturated carbocycles. The largest absolute Gasteiger partial charge is 1.00 e. The van der Waals surface area contributed by atoms with Gasteiger partial charge in [-0.2, -0.15) is 0 Å². The Hall–Kier alpha value is -0.157. The third kappa shape index (κ3) is 1.93. The van der Waals surface area contributed by atoms with Gasteiger partial charge in [0.15, 0.2) is 0 Å². The summed E-state index contributed by atoms with van der Waals surface area (Å²) >= 11 is -0.401. The van der Waals surface area contributed by atoms with Crippen molar-refractivity contribution < 1.29 is 26.1 Å². The summed E-state index contributed by atoms with van der Waals surface area (Å²) < 4.78 is 3.55. The third-order valence-corrected chi connectivity index (χ3v) is 6.98. The Morgan fingerprint density at radius 3 is 2.50 bits per heavy atom. The second kappa shape index (κ2) is 4.15. The molecule has 0 atom stereocenters. The minimum atomic E-state index is -0.401. The smallest absolute Gasteiger partial charge is 1.00 e. The number of rotatable bonds is 2. The molecule has 0 saturated heterocycles. The van der Waals surface area contributed by atoms with Crippen molar-refractivity contribution in [2.75, 3.05) is 0 Å². The summed E-state index contributed by atoms with van der Waals surface area (Å²) in [4.78, 5) is 0. The molecular weight excluding hydrogens is 247 g/mol. The molecular formula is C13H18Zr-2. The van der Waals surface area contributed by atoms with Crippen LogP contribution >= 0.6 is 0 Å². The predicted octanol–water partition coefficient (Wildman–Crippen LogP) is 4.15. The van der Waals surface area contributed by atoms with Gasteiger partial charge in [-0.15, -0.1) is 0 Å². The van der Waals surface area contributed by atoms with Gasteiger partial charge in [0.25, 0.3) is 0 Å². The molecule has 76 valence electrons. The molecule has 0 aliphatic heterocycles. The average molecular weight is 266 g/mol. The molecule has 2 aliphatic rings. The summed E-state index contributed by atoms with van der Waals surface area (Å²) in [5, 5.41) is 0. The molecule has 0 nitrogen and oxygen atoms in total. The van der Waals surface area contributed by atoms with Gasteiger partial charge in [0.2, 0.25) is 0 Å². The number of hydrogen-bond donors (Lipinski definition) is 0. The van der Waals surface area contributed by atoms with E-state index in [0.29, 0.717) is 0 Å². The van der Waals surface area contributed by atoms with E-state index in [0.717, 1.165) is 0 Å². The first-order valence-corrected chi connectivity index (χ1v) is 7.63. The summed E-state index contributed by atoms with van der Waals surface area (Å²) in [7, 11) is 0. The summed E-state index contributed by atoms with van der Waals surface area (Å²) in [6.07, 6.45) is 9.36. The molecule has 0 unspecified atom stereocenters. The zero-order valence-corrected chi connectivity index (χ0v) is 11.6. The van der Waals surface area contributed by atoms with E-state index in [9.17, 15) is 0 Å². The first kappa shape index (κ1) is 10.4. The van der Waals surface area contributed by atoms with Crippen molar-refractivity contribution in [2.45, 2.75) is 33.6 Å². The molecule has 0 amide bonds. The molecule has 2 aliphatic carbocycles. The van der Waals surface area contributed by atoms with Crippen molar-refractivity contribution in [1.82, 2.24) is 0 Å². The Balaban J connectivity index is 0.00000112. The van der Waals surface area contributed by atoms with Crippen LogP contribution in [0.4, 0.5) is 0 Å². The SMILES string of the molecule is CC1=C(C)C(C)=[C]([Zr][C]2=CC=CC2)C1.[H-].[H-]. The van der Waals surface area contributed by atoms with E-state index in [-0.39, 0.29) is 2.85 Å². The van der Waals surface area contributed by atoms with Gasteiger partial charge in [-0.1, -0.05) is 0 Å². The summed E-state index contributed by atoms with van der Waals surface area (Å²) in [5.41, 5.74) is 4.78. The number of hydrogen-bond acceptors (Lipinski definition) is 0. The van der Waals surface area contributed by atoms with Crippen LogP contribution < -0.4 is 0 Å². The Kier molecular flexibility index (Phi) is 3.07. The van der Waals surface area contributed by atoms with E-state index in [1.165, 1.54) is 12.8 Å². The van der Waals surface area contributed by atoms with Crippen LogP contribution in [0.3, 0.4) is 0 Å². The van der Waals surface area contributed by atoms with E-state index in [1.54, 1.807) is 23.3 Å². The first-order chi connectivity index (χ1) is 6.68. The Labute approximate surface area is 101 Å². The molecule has 0 heterocycles. The van der Waals surface area contributed by atoms with Gasteiger partial charge in [0.05, 0.1) is 0 Å². The number of allylic oxidation sites excluding steroid dienone is 8. The maximum absolute atomic E-state index is 2.34. The van der Waals surface area contributed by atoms with Crippen molar-refractivity contribution in [3.05, 3.63) is 41.5 Å². The molecule has 2 rings (SSSR count). The fourth-order valence-electron chi connectivity index (χ4n) is 1.95. The van der Waals surface area contributed by atoms with Crippen LogP contribution in [0, 0.1) is 0 Å². The second-order valence-electron chi connectivity index (χ2n) is 4.13. The van der Waals surface area contributed by atoms with Crippen LogP contribution in [0.2, 0.25) is 0 Å². The second-order valence-corrected chi connectivity index (χ2v) is 7.81. The van der Waals surface area contributed by atoms with Gasteiger partial charge in [-0.05, 0) is 0 Å². The third-order valence-electron chi connectivity index (χ3n) is 3.18. The van der Waals surface area contributed by atoms with Gasteiger partial charge in [0, 0.05) is 0 Å². The van der Waals surface area contributed by atoms with Gasteiger partial charge in [-0.3, -0.25) is 0 Å². The molecule has 0 aromatic carbocycles. The first-order valence-electron chi connectivity index (χ1n) is 5.17. The van der Waals surface area contributed by atoms with Crippen LogP contribution in [0.15, 0.2) is 41.5 Å². The molecule has 1 heteroatoms. The zero-order valence-electron chi connectivity index (χ0n) is 11.1. The van der Waals surface area contributed by atoms with Gasteiger partial charge in [-0.25, -0.2) is 0 Å². The van der Waals surface area contributed by atoms with Crippen molar-refractivity contribution in [3.63, 3.8) is 0 Å². The van der Waals surface area contributed by atoms with E-state index in [1.807, 2.05) is 0 Å². The molecule has 0 bridgehead atoms. The fraction of sp³-hybridized carbons (Fsp3) is 0.385. The molecule has 0 aromatic rings. The Bertz CT molecular complexity index is 387. The van der Waals surface area contributed by atoms with Gasteiger partial charge < -0.3 is 2.85 Å². The minimum absolute atomic E-state index is 0. The van der Waals surface area contributed by atoms with E-state index in [2.05, 4.69) is 39.0 Å². The van der Waals surface area contributed by atoms with Crippen LogP contribution in [0.1, 0.15) is 36.5 Å². The molecule has 0 spiro atoms. The normalized spacial score (nSPS) is 20.9. The fourth-order valence-corrected chi connectivity index (χ4v) is 5.67. The Morgan fingerprint density at radius 1 is 1.21 bits per heavy atom. The summed E-state index contributed by atoms with van der Waals surface area (Å²) in [6.45, 7) is 6.87. The van der Waals surface area contributed by atoms with Gasteiger partial charge in [0.1, 0.15) is 0 Å². The van der Waals surface area contributed by atoms with Gasteiger partial charge >= 0.3 is 98.4 Å². The predicted molar refractivity (Wildman–Crippen MR) is 59.8 cm³/mol. The van der Waals surface area contributed by atoms with Crippen LogP contribution in [-0.4, -0.2) is 0 Å². The molecule has 0 aromatic heterocycles. The molecule has 0 fully saturated rings. The van der Waals surface area contributed by atoms with E-state index < -0.39 is 23.2 Å². The maximum atomic E-state index is 2.34. The van der Waals surface area contributed by atoms with Crippen LogP contribution in [-0.2, 0) is 23.2 Å². The standard InChI is InChI=1S/C8H11.C5H5.Zr.2H/c1-6-4-5-7(2)8(6)3;1-2-4-5-3-1;;;/h4H2,1-3H3;1-3H,4H2;;;/q;;;2*-1. The van der Waals surface area contributed by atoms with Crippen molar-refractivity contribution >= 4 is 0 Å². The average Bonchev–Trinajstić information content (AvgIpc) is 2.73. The maximum Gasteiger partial charge on any atom is -1.00 e. The molecule has 14 heavy (non-hydrogen) atoms. The van der Waals surface area contributed by atoms with Crippen LogP contribution in [0.25, 0.3) is 0 Å². The zero-order chi connectivity index (χ0) is 10.1. The van der Waals surface area contributed by atoms with Crippen molar-refractivity contribution in [2.24, 2.45) is 0 Å². The van der Waals surface area contributed by atoms with Crippen LogP contribution in [0.5, 0.6) is 0 Å². The summed E-state index contributed by atoms with van der Waals surface area (Å²) in [6, 6.07) is 0. The van der Waals surface area contributed by atoms with E-state index >= 15 is 0 Å². The monoisotopic (exact) mass is 264 g/mol. The molecule has 0 N–H and O–H groups in total. The topological polar surface area (TPSA) is 0 Å². The molecule has 0 radical (unpaired) electrons. The summed E-state index contributed by atoms with van der Waals surface area (Å²) in [5.74, 6) is 0. The van der Waals surface area contributed by atoms with E-state index in [4.69, 9.17) is 0 Å². The van der Waals surface area contributed by atoms with Crippen molar-refractivity contribution in [1.29, 1.82) is 0 Å².